The van der Waals surface area contributed by atoms with Crippen LogP contribution in [0.3, 0.4) is 0 Å². The van der Waals surface area contributed by atoms with Gasteiger partial charge >= 0.3 is 0 Å². The van der Waals surface area contributed by atoms with E-state index in [-0.39, 0.29) is 42.4 Å². The molecular weight excluding hydrogens is 418 g/mol. The van der Waals surface area contributed by atoms with Crippen molar-refractivity contribution in [1.29, 1.82) is 0 Å². The Hall–Kier alpha value is -2.91. The molecule has 0 bridgehead atoms. The number of nitrogens with zero attached hydrogens (tertiary/aromatic N) is 2. The molecule has 0 aromatic heterocycles. The number of ether oxygens (including phenoxy) is 1. The van der Waals surface area contributed by atoms with Gasteiger partial charge in [0.05, 0.1) is 24.6 Å². The van der Waals surface area contributed by atoms with E-state index in [9.17, 15) is 18.0 Å². The van der Waals surface area contributed by atoms with Crippen molar-refractivity contribution in [3.63, 3.8) is 0 Å². The van der Waals surface area contributed by atoms with Crippen LogP contribution in [0.2, 0.25) is 0 Å². The van der Waals surface area contributed by atoms with Crippen molar-refractivity contribution in [2.45, 2.75) is 23.8 Å². The van der Waals surface area contributed by atoms with Crippen molar-refractivity contribution in [2.24, 2.45) is 0 Å². The summed E-state index contributed by atoms with van der Waals surface area (Å²) in [6.45, 7) is 0.872. The third-order valence-corrected chi connectivity index (χ3v) is 7.58. The minimum absolute atomic E-state index is 0.0215. The molecule has 0 aliphatic carbocycles. The third kappa shape index (κ3) is 4.28. The number of hydrogen-bond donors (Lipinski definition) is 1. The number of rotatable bonds is 5. The Bertz CT molecular complexity index is 1080. The van der Waals surface area contributed by atoms with Crippen LogP contribution in [-0.2, 0) is 14.8 Å². The first-order chi connectivity index (χ1) is 14.9. The van der Waals surface area contributed by atoms with E-state index in [4.69, 9.17) is 4.74 Å². The van der Waals surface area contributed by atoms with Crippen LogP contribution in [0.25, 0.3) is 0 Å². The summed E-state index contributed by atoms with van der Waals surface area (Å²) in [5, 5.41) is 2.62. The van der Waals surface area contributed by atoms with Crippen LogP contribution in [0.15, 0.2) is 53.4 Å². The Morgan fingerprint density at radius 1 is 1.13 bits per heavy atom. The van der Waals surface area contributed by atoms with Gasteiger partial charge < -0.3 is 15.0 Å². The van der Waals surface area contributed by atoms with Crippen molar-refractivity contribution >= 4 is 21.8 Å². The van der Waals surface area contributed by atoms with Crippen LogP contribution in [0.5, 0.6) is 5.75 Å². The SMILES string of the molecule is COc1ccc(C2CCCN2C(=O)c2cccc(S(=O)(=O)N3CCNC(=O)C3)c2)cc1. The molecule has 2 amide bonds. The van der Waals surface area contributed by atoms with Crippen LogP contribution < -0.4 is 10.1 Å². The Morgan fingerprint density at radius 3 is 2.61 bits per heavy atom. The summed E-state index contributed by atoms with van der Waals surface area (Å²) >= 11 is 0. The Kier molecular flexibility index (Phi) is 5.97. The van der Waals surface area contributed by atoms with Crippen molar-refractivity contribution < 1.29 is 22.7 Å². The molecule has 31 heavy (non-hydrogen) atoms. The van der Waals surface area contributed by atoms with E-state index in [2.05, 4.69) is 5.32 Å². The molecular formula is C22H25N3O5S. The zero-order valence-corrected chi connectivity index (χ0v) is 18.1. The summed E-state index contributed by atoms with van der Waals surface area (Å²) in [6, 6.07) is 13.7. The van der Waals surface area contributed by atoms with Gasteiger partial charge in [-0.25, -0.2) is 8.42 Å². The molecule has 2 aromatic carbocycles. The average Bonchev–Trinajstić information content (AvgIpc) is 3.28. The normalized spacial score (nSPS) is 19.8. The highest BCUT2D eigenvalue weighted by atomic mass is 32.2. The van der Waals surface area contributed by atoms with Gasteiger partial charge in [0.1, 0.15) is 5.75 Å². The van der Waals surface area contributed by atoms with E-state index in [0.29, 0.717) is 12.1 Å². The van der Waals surface area contributed by atoms with Crippen LogP contribution >= 0.6 is 0 Å². The molecule has 8 nitrogen and oxygen atoms in total. The van der Waals surface area contributed by atoms with Gasteiger partial charge in [0, 0.05) is 25.2 Å². The monoisotopic (exact) mass is 443 g/mol. The second-order valence-electron chi connectivity index (χ2n) is 7.65. The summed E-state index contributed by atoms with van der Waals surface area (Å²) in [6.07, 6.45) is 1.72. The highest BCUT2D eigenvalue weighted by Crippen LogP contribution is 2.34. The molecule has 0 radical (unpaired) electrons. The molecule has 1 atom stereocenters. The Morgan fingerprint density at radius 2 is 1.90 bits per heavy atom. The van der Waals surface area contributed by atoms with Gasteiger partial charge in [0.15, 0.2) is 0 Å². The van der Waals surface area contributed by atoms with E-state index >= 15 is 0 Å². The van der Waals surface area contributed by atoms with E-state index in [1.807, 2.05) is 24.3 Å². The van der Waals surface area contributed by atoms with Crippen LogP contribution in [0.1, 0.15) is 34.8 Å². The van der Waals surface area contributed by atoms with Gasteiger partial charge in [-0.2, -0.15) is 4.31 Å². The van der Waals surface area contributed by atoms with Gasteiger partial charge in [0.2, 0.25) is 15.9 Å². The van der Waals surface area contributed by atoms with Crippen molar-refractivity contribution in [1.82, 2.24) is 14.5 Å². The first-order valence-electron chi connectivity index (χ1n) is 10.2. The summed E-state index contributed by atoms with van der Waals surface area (Å²) in [5.74, 6) is 0.220. The lowest BCUT2D eigenvalue weighted by atomic mass is 10.0. The maximum Gasteiger partial charge on any atom is 0.254 e. The molecule has 2 aliphatic heterocycles. The minimum Gasteiger partial charge on any atom is -0.497 e. The number of hydrogen-bond acceptors (Lipinski definition) is 5. The number of carbonyl (C=O) groups excluding carboxylic acids is 2. The number of methoxy groups -OCH3 is 1. The summed E-state index contributed by atoms with van der Waals surface area (Å²) < 4.78 is 32.3. The van der Waals surface area contributed by atoms with Crippen molar-refractivity contribution in [2.75, 3.05) is 33.3 Å². The number of likely N-dealkylation sites (tertiary alicyclic amines) is 1. The van der Waals surface area contributed by atoms with Gasteiger partial charge in [0.25, 0.3) is 5.91 Å². The fraction of sp³-hybridized carbons (Fsp3) is 0.364. The number of amides is 2. The van der Waals surface area contributed by atoms with Crippen LogP contribution in [0, 0.1) is 0 Å². The molecule has 1 N–H and O–H groups in total. The number of piperazine rings is 1. The molecule has 9 heteroatoms. The maximum absolute atomic E-state index is 13.3. The molecule has 0 saturated carbocycles. The Balaban J connectivity index is 1.58. The Labute approximate surface area is 181 Å². The average molecular weight is 444 g/mol. The predicted molar refractivity (Wildman–Crippen MR) is 114 cm³/mol. The summed E-state index contributed by atoms with van der Waals surface area (Å²) in [5.41, 5.74) is 1.35. The first-order valence-corrected chi connectivity index (χ1v) is 11.7. The molecule has 2 saturated heterocycles. The highest BCUT2D eigenvalue weighted by Gasteiger charge is 2.33. The topological polar surface area (TPSA) is 96.0 Å². The first kappa shape index (κ1) is 21.3. The zero-order valence-electron chi connectivity index (χ0n) is 17.3. The summed E-state index contributed by atoms with van der Waals surface area (Å²) in [7, 11) is -2.25. The van der Waals surface area contributed by atoms with Crippen molar-refractivity contribution in [3.05, 3.63) is 59.7 Å². The maximum atomic E-state index is 13.3. The lowest BCUT2D eigenvalue weighted by Crippen LogP contribution is -2.49. The molecule has 1 unspecified atom stereocenters. The largest absolute Gasteiger partial charge is 0.497 e. The lowest BCUT2D eigenvalue weighted by molar-refractivity contribution is -0.122. The fourth-order valence-electron chi connectivity index (χ4n) is 4.11. The zero-order chi connectivity index (χ0) is 22.0. The third-order valence-electron chi connectivity index (χ3n) is 5.74. The molecule has 0 spiro atoms. The molecule has 2 fully saturated rings. The molecule has 2 aromatic rings. The smallest absolute Gasteiger partial charge is 0.254 e. The van der Waals surface area contributed by atoms with E-state index in [1.165, 1.54) is 12.1 Å². The van der Waals surface area contributed by atoms with E-state index in [1.54, 1.807) is 24.1 Å². The van der Waals surface area contributed by atoms with Gasteiger partial charge in [-0.3, -0.25) is 9.59 Å². The van der Waals surface area contributed by atoms with Gasteiger partial charge in [-0.1, -0.05) is 18.2 Å². The number of benzene rings is 2. The van der Waals surface area contributed by atoms with Crippen LogP contribution in [-0.4, -0.2) is 62.7 Å². The molecule has 164 valence electrons. The van der Waals surface area contributed by atoms with Gasteiger partial charge in [-0.05, 0) is 48.7 Å². The van der Waals surface area contributed by atoms with Crippen molar-refractivity contribution in [3.8, 4) is 5.75 Å². The lowest BCUT2D eigenvalue weighted by Gasteiger charge is -2.27. The van der Waals surface area contributed by atoms with E-state index < -0.39 is 10.0 Å². The second-order valence-corrected chi connectivity index (χ2v) is 9.58. The number of sulfonamides is 1. The molecule has 2 heterocycles. The number of carbonyl (C=O) groups is 2. The summed E-state index contributed by atoms with van der Waals surface area (Å²) in [4.78, 5) is 26.7. The van der Waals surface area contributed by atoms with Gasteiger partial charge in [-0.15, -0.1) is 0 Å². The second kappa shape index (κ2) is 8.68. The molecule has 2 aliphatic rings. The molecule has 4 rings (SSSR count). The fourth-order valence-corrected chi connectivity index (χ4v) is 5.55. The quantitative estimate of drug-likeness (QED) is 0.760. The number of nitrogens with one attached hydrogen (secondary N) is 1. The highest BCUT2D eigenvalue weighted by molar-refractivity contribution is 7.89. The van der Waals surface area contributed by atoms with Crippen LogP contribution in [0.4, 0.5) is 0 Å². The minimum atomic E-state index is -3.86. The predicted octanol–water partition coefficient (Wildman–Crippen LogP) is 1.79. The van der Waals surface area contributed by atoms with E-state index in [0.717, 1.165) is 28.5 Å². The standard InChI is InChI=1S/C22H25N3O5S/c1-30-18-9-7-16(8-10-18)20-6-3-12-25(20)22(27)17-4-2-5-19(14-17)31(28,29)24-13-11-23-21(26)15-24/h2,4-5,7-10,14,20H,3,6,11-13,15H2,1H3,(H,23,26).